The molecule has 33 heavy (non-hydrogen) atoms. The summed E-state index contributed by atoms with van der Waals surface area (Å²) >= 11 is 1.38. The summed E-state index contributed by atoms with van der Waals surface area (Å²) in [5.74, 6) is 1.26. The van der Waals surface area contributed by atoms with E-state index in [1.54, 1.807) is 23.6 Å². The standard InChI is InChI=1S/C23H21FN6O2S/c1-3-4-11-29-21(31)16-7-5-6-8-18(16)30-22(29)26-27-23(30)33-13-19-25-20(28-32-19)15-10-9-14(2)17(24)12-15/h5-10,12H,3-4,11,13H2,1-2H3. The van der Waals surface area contributed by atoms with Gasteiger partial charge in [-0.1, -0.05) is 54.5 Å². The zero-order chi connectivity index (χ0) is 22.9. The lowest BCUT2D eigenvalue weighted by Crippen LogP contribution is -2.23. The van der Waals surface area contributed by atoms with E-state index in [9.17, 15) is 9.18 Å². The van der Waals surface area contributed by atoms with Crippen molar-refractivity contribution in [1.29, 1.82) is 0 Å². The number of hydrogen-bond donors (Lipinski definition) is 0. The molecule has 0 saturated carbocycles. The number of halogens is 1. The maximum absolute atomic E-state index is 13.9. The predicted octanol–water partition coefficient (Wildman–Crippen LogP) is 4.63. The molecule has 0 unspecified atom stereocenters. The number of thioether (sulfide) groups is 1. The van der Waals surface area contributed by atoms with E-state index in [0.717, 1.165) is 18.4 Å². The summed E-state index contributed by atoms with van der Waals surface area (Å²) in [6.45, 7) is 4.36. The molecule has 0 radical (unpaired) electrons. The molecule has 168 valence electrons. The van der Waals surface area contributed by atoms with Gasteiger partial charge in [0.2, 0.25) is 17.5 Å². The van der Waals surface area contributed by atoms with Gasteiger partial charge >= 0.3 is 0 Å². The van der Waals surface area contributed by atoms with Gasteiger partial charge in [0.1, 0.15) is 5.82 Å². The van der Waals surface area contributed by atoms with Gasteiger partial charge in [0.25, 0.3) is 5.56 Å². The molecule has 0 aliphatic carbocycles. The van der Waals surface area contributed by atoms with Crippen molar-refractivity contribution in [3.63, 3.8) is 0 Å². The summed E-state index contributed by atoms with van der Waals surface area (Å²) in [6, 6.07) is 12.3. The van der Waals surface area contributed by atoms with Crippen LogP contribution in [0.5, 0.6) is 0 Å². The maximum atomic E-state index is 13.9. The molecule has 3 aromatic heterocycles. The topological polar surface area (TPSA) is 91.1 Å². The van der Waals surface area contributed by atoms with Gasteiger partial charge < -0.3 is 4.52 Å². The Hall–Kier alpha value is -3.53. The number of aromatic nitrogens is 6. The third-order valence-electron chi connectivity index (χ3n) is 5.44. The van der Waals surface area contributed by atoms with Crippen molar-refractivity contribution in [2.45, 2.75) is 44.1 Å². The molecule has 5 aromatic rings. The van der Waals surface area contributed by atoms with E-state index in [1.807, 2.05) is 28.7 Å². The van der Waals surface area contributed by atoms with Crippen molar-refractivity contribution in [2.24, 2.45) is 0 Å². The summed E-state index contributed by atoms with van der Waals surface area (Å²) < 4.78 is 22.8. The van der Waals surface area contributed by atoms with Gasteiger partial charge in [-0.25, -0.2) is 4.39 Å². The Labute approximate surface area is 192 Å². The number of fused-ring (bicyclic) bond motifs is 3. The van der Waals surface area contributed by atoms with E-state index in [1.165, 1.54) is 17.8 Å². The quantitative estimate of drug-likeness (QED) is 0.324. The van der Waals surface area contributed by atoms with Gasteiger partial charge in [-0.3, -0.25) is 13.8 Å². The van der Waals surface area contributed by atoms with E-state index in [-0.39, 0.29) is 11.4 Å². The van der Waals surface area contributed by atoms with Gasteiger partial charge in [0.15, 0.2) is 5.16 Å². The van der Waals surface area contributed by atoms with Crippen LogP contribution in [0.3, 0.4) is 0 Å². The molecule has 0 bridgehead atoms. The van der Waals surface area contributed by atoms with E-state index in [0.29, 0.717) is 51.5 Å². The Morgan fingerprint density at radius 1 is 1.15 bits per heavy atom. The molecule has 0 aliphatic rings. The Balaban J connectivity index is 1.48. The van der Waals surface area contributed by atoms with E-state index >= 15 is 0 Å². The predicted molar refractivity (Wildman–Crippen MR) is 124 cm³/mol. The van der Waals surface area contributed by atoms with Crippen molar-refractivity contribution in [1.82, 2.24) is 29.3 Å². The summed E-state index contributed by atoms with van der Waals surface area (Å²) in [5, 5.41) is 13.9. The summed E-state index contributed by atoms with van der Waals surface area (Å²) in [7, 11) is 0. The minimum Gasteiger partial charge on any atom is -0.338 e. The molecule has 0 atom stereocenters. The fourth-order valence-electron chi connectivity index (χ4n) is 3.63. The molecule has 5 rings (SSSR count). The molecule has 0 N–H and O–H groups in total. The second kappa shape index (κ2) is 8.78. The summed E-state index contributed by atoms with van der Waals surface area (Å²) in [4.78, 5) is 17.4. The lowest BCUT2D eigenvalue weighted by atomic mass is 10.1. The molecule has 0 aliphatic heterocycles. The van der Waals surface area contributed by atoms with Gasteiger partial charge in [0, 0.05) is 12.1 Å². The molecule has 10 heteroatoms. The van der Waals surface area contributed by atoms with Crippen LogP contribution >= 0.6 is 11.8 Å². The van der Waals surface area contributed by atoms with Gasteiger partial charge in [-0.2, -0.15) is 4.98 Å². The monoisotopic (exact) mass is 464 g/mol. The van der Waals surface area contributed by atoms with Crippen LogP contribution in [0.4, 0.5) is 4.39 Å². The number of para-hydroxylation sites is 1. The van der Waals surface area contributed by atoms with Crippen LogP contribution in [0.2, 0.25) is 0 Å². The molecular formula is C23H21FN6O2S. The Morgan fingerprint density at radius 2 is 2.00 bits per heavy atom. The van der Waals surface area contributed by atoms with Gasteiger partial charge in [-0.15, -0.1) is 10.2 Å². The highest BCUT2D eigenvalue weighted by Crippen LogP contribution is 2.26. The Kier molecular flexibility index (Phi) is 5.67. The number of hydrogen-bond acceptors (Lipinski definition) is 7. The van der Waals surface area contributed by atoms with Crippen LogP contribution in [0.1, 0.15) is 31.2 Å². The molecular weight excluding hydrogens is 443 g/mol. The Morgan fingerprint density at radius 3 is 2.82 bits per heavy atom. The summed E-state index contributed by atoms with van der Waals surface area (Å²) in [6.07, 6.45) is 1.83. The number of unbranched alkanes of at least 4 members (excludes halogenated alkanes) is 1. The van der Waals surface area contributed by atoms with Crippen molar-refractivity contribution < 1.29 is 8.91 Å². The van der Waals surface area contributed by atoms with Crippen molar-refractivity contribution >= 4 is 28.4 Å². The third kappa shape index (κ3) is 3.91. The second-order valence-corrected chi connectivity index (χ2v) is 8.65. The van der Waals surface area contributed by atoms with Crippen molar-refractivity contribution in [3.8, 4) is 11.4 Å². The molecule has 0 saturated heterocycles. The minimum atomic E-state index is -0.316. The maximum Gasteiger partial charge on any atom is 0.262 e. The van der Waals surface area contributed by atoms with Crippen LogP contribution in [0.15, 0.2) is 56.9 Å². The van der Waals surface area contributed by atoms with Gasteiger partial charge in [0.05, 0.1) is 16.7 Å². The van der Waals surface area contributed by atoms with E-state index < -0.39 is 0 Å². The van der Waals surface area contributed by atoms with Crippen molar-refractivity contribution in [2.75, 3.05) is 0 Å². The van der Waals surface area contributed by atoms with Crippen LogP contribution in [-0.4, -0.2) is 29.3 Å². The molecule has 0 spiro atoms. The fraction of sp³-hybridized carbons (Fsp3) is 0.261. The summed E-state index contributed by atoms with van der Waals surface area (Å²) in [5.41, 5.74) is 1.79. The normalized spacial score (nSPS) is 11.6. The smallest absolute Gasteiger partial charge is 0.262 e. The van der Waals surface area contributed by atoms with Gasteiger partial charge in [-0.05, 0) is 37.1 Å². The zero-order valence-corrected chi connectivity index (χ0v) is 19.0. The number of aryl methyl sites for hydroxylation is 2. The second-order valence-electron chi connectivity index (χ2n) is 7.71. The zero-order valence-electron chi connectivity index (χ0n) is 18.2. The largest absolute Gasteiger partial charge is 0.338 e. The minimum absolute atomic E-state index is 0.0672. The lowest BCUT2D eigenvalue weighted by molar-refractivity contribution is 0.391. The van der Waals surface area contributed by atoms with Crippen LogP contribution in [-0.2, 0) is 12.3 Å². The average Bonchev–Trinajstić information content (AvgIpc) is 3.47. The number of benzene rings is 2. The molecule has 0 amide bonds. The highest BCUT2D eigenvalue weighted by molar-refractivity contribution is 7.98. The molecule has 2 aromatic carbocycles. The van der Waals surface area contributed by atoms with Crippen LogP contribution < -0.4 is 5.56 Å². The first-order valence-electron chi connectivity index (χ1n) is 10.7. The van der Waals surface area contributed by atoms with Crippen LogP contribution in [0.25, 0.3) is 28.1 Å². The Bertz CT molecular complexity index is 1520. The first-order chi connectivity index (χ1) is 16.1. The third-order valence-corrected chi connectivity index (χ3v) is 6.35. The molecule has 3 heterocycles. The highest BCUT2D eigenvalue weighted by atomic mass is 32.2. The molecule has 0 fully saturated rings. The number of nitrogens with zero attached hydrogens (tertiary/aromatic N) is 6. The van der Waals surface area contributed by atoms with E-state index in [2.05, 4.69) is 27.3 Å². The first-order valence-corrected chi connectivity index (χ1v) is 11.6. The fourth-order valence-corrected chi connectivity index (χ4v) is 4.41. The number of rotatable bonds is 7. The first kappa shape index (κ1) is 21.3. The van der Waals surface area contributed by atoms with E-state index in [4.69, 9.17) is 4.52 Å². The highest BCUT2D eigenvalue weighted by Gasteiger charge is 2.18. The molecule has 8 nitrogen and oxygen atoms in total. The average molecular weight is 465 g/mol. The van der Waals surface area contributed by atoms with Crippen molar-refractivity contribution in [3.05, 3.63) is 70.1 Å². The SMILES string of the molecule is CCCCn1c(=O)c2ccccc2n2c(SCc3nc(-c4ccc(C)c(F)c4)no3)nnc12. The lowest BCUT2D eigenvalue weighted by Gasteiger charge is -2.10. The van der Waals surface area contributed by atoms with Crippen LogP contribution in [0, 0.1) is 12.7 Å².